The fourth-order valence-corrected chi connectivity index (χ4v) is 5.37. The van der Waals surface area contributed by atoms with E-state index in [4.69, 9.17) is 0 Å². The highest BCUT2D eigenvalue weighted by molar-refractivity contribution is 7.10. The Balaban J connectivity index is 1.20. The van der Waals surface area contributed by atoms with Gasteiger partial charge in [0.25, 0.3) is 11.8 Å². The number of hydrogen-bond donors (Lipinski definition) is 1. The number of piperidine rings is 1. The summed E-state index contributed by atoms with van der Waals surface area (Å²) < 4.78 is 3.53. The number of amides is 2. The molecule has 1 aliphatic rings. The highest BCUT2D eigenvalue weighted by Gasteiger charge is 2.28. The van der Waals surface area contributed by atoms with E-state index in [0.717, 1.165) is 29.2 Å². The first-order valence-corrected chi connectivity index (χ1v) is 12.6. The lowest BCUT2D eigenvalue weighted by Gasteiger charge is -2.31. The molecule has 35 heavy (non-hydrogen) atoms. The van der Waals surface area contributed by atoms with Gasteiger partial charge in [0.1, 0.15) is 11.5 Å². The van der Waals surface area contributed by atoms with Gasteiger partial charge in [-0.05, 0) is 38.8 Å². The number of carbonyl (C=O) groups is 2. The normalized spacial score (nSPS) is 14.3. The Kier molecular flexibility index (Phi) is 6.45. The van der Waals surface area contributed by atoms with Crippen LogP contribution in [0.3, 0.4) is 0 Å². The first kappa shape index (κ1) is 23.0. The number of aryl methyl sites for hydroxylation is 1. The maximum absolute atomic E-state index is 13.2. The Labute approximate surface area is 207 Å². The molecule has 3 aromatic heterocycles. The second kappa shape index (κ2) is 9.83. The van der Waals surface area contributed by atoms with Crippen LogP contribution in [-0.2, 0) is 6.54 Å². The molecule has 2 amide bonds. The molecule has 0 spiro atoms. The standard InChI is InChI=1S/C25H27N7O2S/c1-3-31-22(9-12-26-31)29-23(33)21-16-35-24(28-21)18-10-13-30(14-11-18)25(34)20-15-27-32(17(20)2)19-7-5-4-6-8-19/h4-9,12,15-16,18H,3,10-11,13-14H2,1-2H3,(H,29,33). The minimum atomic E-state index is -0.235. The Hall–Kier alpha value is -3.79. The second-order valence-electron chi connectivity index (χ2n) is 8.51. The van der Waals surface area contributed by atoms with E-state index < -0.39 is 0 Å². The van der Waals surface area contributed by atoms with Crippen LogP contribution in [0.15, 0.2) is 54.2 Å². The van der Waals surface area contributed by atoms with Crippen molar-refractivity contribution in [3.05, 3.63) is 76.1 Å². The number of anilines is 1. The van der Waals surface area contributed by atoms with Crippen molar-refractivity contribution >= 4 is 29.0 Å². The molecule has 0 unspecified atom stereocenters. The van der Waals surface area contributed by atoms with Gasteiger partial charge < -0.3 is 10.2 Å². The molecule has 0 bridgehead atoms. The van der Waals surface area contributed by atoms with Gasteiger partial charge in [-0.3, -0.25) is 9.59 Å². The molecule has 0 radical (unpaired) electrons. The number of para-hydroxylation sites is 1. The number of nitrogens with one attached hydrogen (secondary N) is 1. The largest absolute Gasteiger partial charge is 0.338 e. The zero-order chi connectivity index (χ0) is 24.4. The lowest BCUT2D eigenvalue weighted by atomic mass is 9.97. The highest BCUT2D eigenvalue weighted by Crippen LogP contribution is 2.31. The van der Waals surface area contributed by atoms with Gasteiger partial charge >= 0.3 is 0 Å². The van der Waals surface area contributed by atoms with E-state index in [0.29, 0.717) is 36.7 Å². The van der Waals surface area contributed by atoms with Crippen LogP contribution in [0.1, 0.15) is 57.2 Å². The quantitative estimate of drug-likeness (QED) is 0.439. The lowest BCUT2D eigenvalue weighted by molar-refractivity contribution is 0.0712. The van der Waals surface area contributed by atoms with E-state index in [1.54, 1.807) is 33.2 Å². The van der Waals surface area contributed by atoms with E-state index in [2.05, 4.69) is 20.5 Å². The summed E-state index contributed by atoms with van der Waals surface area (Å²) in [5.41, 5.74) is 2.82. The van der Waals surface area contributed by atoms with Crippen LogP contribution in [0.4, 0.5) is 5.82 Å². The Morgan fingerprint density at radius 3 is 2.63 bits per heavy atom. The van der Waals surface area contributed by atoms with Crippen molar-refractivity contribution in [3.63, 3.8) is 0 Å². The van der Waals surface area contributed by atoms with Gasteiger partial charge in [-0.15, -0.1) is 11.3 Å². The van der Waals surface area contributed by atoms with Crippen molar-refractivity contribution in [2.45, 2.75) is 39.2 Å². The first-order chi connectivity index (χ1) is 17.0. The number of carbonyl (C=O) groups excluding carboxylic acids is 2. The number of benzene rings is 1. The summed E-state index contributed by atoms with van der Waals surface area (Å²) >= 11 is 1.51. The molecule has 1 N–H and O–H groups in total. The first-order valence-electron chi connectivity index (χ1n) is 11.7. The fourth-order valence-electron chi connectivity index (χ4n) is 4.40. The molecule has 1 saturated heterocycles. The summed E-state index contributed by atoms with van der Waals surface area (Å²) in [7, 11) is 0. The number of aromatic nitrogens is 5. The average Bonchev–Trinajstić information content (AvgIpc) is 3.64. The van der Waals surface area contributed by atoms with E-state index in [1.165, 1.54) is 11.3 Å². The minimum absolute atomic E-state index is 0.00914. The number of likely N-dealkylation sites (tertiary alicyclic amines) is 1. The topological polar surface area (TPSA) is 97.9 Å². The molecule has 0 saturated carbocycles. The van der Waals surface area contributed by atoms with Gasteiger partial charge in [0.05, 0.1) is 34.3 Å². The molecular formula is C25H27N7O2S. The van der Waals surface area contributed by atoms with E-state index in [1.807, 2.05) is 49.1 Å². The smallest absolute Gasteiger partial charge is 0.276 e. The van der Waals surface area contributed by atoms with Crippen molar-refractivity contribution in [1.29, 1.82) is 0 Å². The van der Waals surface area contributed by atoms with Crippen molar-refractivity contribution < 1.29 is 9.59 Å². The molecule has 1 aliphatic heterocycles. The van der Waals surface area contributed by atoms with E-state index in [9.17, 15) is 9.59 Å². The summed E-state index contributed by atoms with van der Waals surface area (Å²) in [6.07, 6.45) is 4.95. The highest BCUT2D eigenvalue weighted by atomic mass is 32.1. The fraction of sp³-hybridized carbons (Fsp3) is 0.320. The molecule has 1 aromatic carbocycles. The minimum Gasteiger partial charge on any atom is -0.338 e. The third-order valence-corrected chi connectivity index (χ3v) is 7.39. The number of hydrogen-bond acceptors (Lipinski definition) is 6. The molecular weight excluding hydrogens is 462 g/mol. The summed E-state index contributed by atoms with van der Waals surface area (Å²) in [4.78, 5) is 32.3. The molecule has 1 fully saturated rings. The van der Waals surface area contributed by atoms with Crippen LogP contribution in [0.25, 0.3) is 5.69 Å². The van der Waals surface area contributed by atoms with Gasteiger partial charge in [-0.1, -0.05) is 18.2 Å². The van der Waals surface area contributed by atoms with Crippen LogP contribution in [0, 0.1) is 6.92 Å². The van der Waals surface area contributed by atoms with Gasteiger partial charge in [0.15, 0.2) is 0 Å². The molecule has 5 rings (SSSR count). The van der Waals surface area contributed by atoms with Crippen LogP contribution in [-0.4, -0.2) is 54.3 Å². The predicted molar refractivity (Wildman–Crippen MR) is 134 cm³/mol. The van der Waals surface area contributed by atoms with Crippen LogP contribution < -0.4 is 5.32 Å². The molecule has 0 atom stereocenters. The van der Waals surface area contributed by atoms with Crippen molar-refractivity contribution in [2.75, 3.05) is 18.4 Å². The van der Waals surface area contributed by atoms with E-state index >= 15 is 0 Å². The third kappa shape index (κ3) is 4.61. The number of nitrogens with zero attached hydrogens (tertiary/aromatic N) is 6. The molecule has 4 aromatic rings. The summed E-state index contributed by atoms with van der Waals surface area (Å²) in [5, 5.41) is 14.2. The Bertz CT molecular complexity index is 1330. The summed E-state index contributed by atoms with van der Waals surface area (Å²) in [6.45, 7) is 5.87. The molecule has 4 heterocycles. The average molecular weight is 490 g/mol. The van der Waals surface area contributed by atoms with Gasteiger partial charge in [-0.25, -0.2) is 14.3 Å². The van der Waals surface area contributed by atoms with E-state index in [-0.39, 0.29) is 17.7 Å². The maximum atomic E-state index is 13.2. The zero-order valence-electron chi connectivity index (χ0n) is 19.7. The summed E-state index contributed by atoms with van der Waals surface area (Å²) in [6, 6.07) is 11.6. The Morgan fingerprint density at radius 2 is 1.89 bits per heavy atom. The van der Waals surface area contributed by atoms with Crippen LogP contribution >= 0.6 is 11.3 Å². The number of rotatable bonds is 6. The monoisotopic (exact) mass is 489 g/mol. The van der Waals surface area contributed by atoms with Crippen LogP contribution in [0.5, 0.6) is 0 Å². The summed E-state index contributed by atoms with van der Waals surface area (Å²) in [5.74, 6) is 0.667. The predicted octanol–water partition coefficient (Wildman–Crippen LogP) is 4.13. The lowest BCUT2D eigenvalue weighted by Crippen LogP contribution is -2.38. The maximum Gasteiger partial charge on any atom is 0.276 e. The van der Waals surface area contributed by atoms with Crippen molar-refractivity contribution in [1.82, 2.24) is 29.4 Å². The van der Waals surface area contributed by atoms with Gasteiger partial charge in [-0.2, -0.15) is 10.2 Å². The van der Waals surface area contributed by atoms with Gasteiger partial charge in [0, 0.05) is 37.0 Å². The molecule has 10 heteroatoms. The molecule has 9 nitrogen and oxygen atoms in total. The van der Waals surface area contributed by atoms with Crippen molar-refractivity contribution in [3.8, 4) is 5.69 Å². The van der Waals surface area contributed by atoms with Crippen LogP contribution in [0.2, 0.25) is 0 Å². The second-order valence-corrected chi connectivity index (χ2v) is 9.40. The van der Waals surface area contributed by atoms with Gasteiger partial charge in [0.2, 0.25) is 0 Å². The molecule has 180 valence electrons. The number of thiazole rings is 1. The van der Waals surface area contributed by atoms with Crippen molar-refractivity contribution in [2.24, 2.45) is 0 Å². The third-order valence-electron chi connectivity index (χ3n) is 6.38. The zero-order valence-corrected chi connectivity index (χ0v) is 20.5. The Morgan fingerprint density at radius 1 is 1.11 bits per heavy atom. The molecule has 0 aliphatic carbocycles. The SMILES string of the molecule is CCn1nccc1NC(=O)c1csc(C2CCN(C(=O)c3cnn(-c4ccccc4)c3C)CC2)n1.